The molecule has 1 saturated heterocycles. The number of ether oxygens (including phenoxy) is 1. The van der Waals surface area contributed by atoms with Gasteiger partial charge in [-0.25, -0.2) is 8.42 Å². The van der Waals surface area contributed by atoms with Gasteiger partial charge >= 0.3 is 0 Å². The van der Waals surface area contributed by atoms with Gasteiger partial charge < -0.3 is 10.1 Å². The minimum absolute atomic E-state index is 0.409. The highest BCUT2D eigenvalue weighted by Gasteiger charge is 2.40. The summed E-state index contributed by atoms with van der Waals surface area (Å²) >= 11 is 1.53. The molecule has 0 unspecified atom stereocenters. The summed E-state index contributed by atoms with van der Waals surface area (Å²) in [5.74, 6) is 0. The summed E-state index contributed by atoms with van der Waals surface area (Å²) < 4.78 is 32.8. The SMILES string of the molecule is CNCc1cc(S(=O)(=O)N2CCOCC2(C)C)c(C)s1. The second kappa shape index (κ2) is 5.73. The Bertz CT molecular complexity index is 578. The number of morpholine rings is 1. The van der Waals surface area contributed by atoms with Gasteiger partial charge in [0.25, 0.3) is 0 Å². The summed E-state index contributed by atoms with van der Waals surface area (Å²) in [6, 6.07) is 1.79. The molecule has 1 aliphatic rings. The molecule has 0 aromatic carbocycles. The van der Waals surface area contributed by atoms with E-state index in [4.69, 9.17) is 4.74 Å². The van der Waals surface area contributed by atoms with E-state index in [9.17, 15) is 8.42 Å². The molecule has 5 nitrogen and oxygen atoms in total. The lowest BCUT2D eigenvalue weighted by molar-refractivity contribution is -0.00771. The van der Waals surface area contributed by atoms with Crippen molar-refractivity contribution in [3.63, 3.8) is 0 Å². The van der Waals surface area contributed by atoms with E-state index in [0.717, 1.165) is 9.75 Å². The molecule has 0 spiro atoms. The third-order valence-corrected chi connectivity index (χ3v) is 6.83. The molecule has 0 bridgehead atoms. The van der Waals surface area contributed by atoms with Crippen LogP contribution in [0.3, 0.4) is 0 Å². The molecule has 1 aromatic rings. The number of nitrogens with one attached hydrogen (secondary N) is 1. The predicted octanol–water partition coefficient (Wildman–Crippen LogP) is 1.58. The van der Waals surface area contributed by atoms with E-state index < -0.39 is 15.6 Å². The van der Waals surface area contributed by atoms with Crippen LogP contribution in [0.25, 0.3) is 0 Å². The van der Waals surface area contributed by atoms with Crippen molar-refractivity contribution in [2.24, 2.45) is 0 Å². The van der Waals surface area contributed by atoms with Crippen LogP contribution in [0.4, 0.5) is 0 Å². The van der Waals surface area contributed by atoms with Crippen molar-refractivity contribution in [1.82, 2.24) is 9.62 Å². The molecule has 0 aliphatic carbocycles. The van der Waals surface area contributed by atoms with Crippen molar-refractivity contribution in [2.75, 3.05) is 26.8 Å². The average molecular weight is 318 g/mol. The van der Waals surface area contributed by atoms with Crippen LogP contribution in [0.15, 0.2) is 11.0 Å². The van der Waals surface area contributed by atoms with Gasteiger partial charge in [0, 0.05) is 22.8 Å². The fourth-order valence-corrected chi connectivity index (χ4v) is 5.82. The molecule has 2 rings (SSSR count). The fourth-order valence-electron chi connectivity index (χ4n) is 2.45. The lowest BCUT2D eigenvalue weighted by Gasteiger charge is -2.40. The van der Waals surface area contributed by atoms with Crippen molar-refractivity contribution in [3.05, 3.63) is 15.8 Å². The quantitative estimate of drug-likeness (QED) is 0.915. The summed E-state index contributed by atoms with van der Waals surface area (Å²) in [6.45, 7) is 7.65. The van der Waals surface area contributed by atoms with Crippen LogP contribution >= 0.6 is 11.3 Å². The normalized spacial score (nSPS) is 20.2. The van der Waals surface area contributed by atoms with Gasteiger partial charge in [-0.15, -0.1) is 11.3 Å². The number of hydrogen-bond acceptors (Lipinski definition) is 5. The van der Waals surface area contributed by atoms with Crippen LogP contribution in [0.2, 0.25) is 0 Å². The number of thiophene rings is 1. The molecule has 0 amide bonds. The molecule has 7 heteroatoms. The monoisotopic (exact) mass is 318 g/mol. The van der Waals surface area contributed by atoms with Crippen molar-refractivity contribution in [3.8, 4) is 0 Å². The van der Waals surface area contributed by atoms with Gasteiger partial charge in [-0.2, -0.15) is 4.31 Å². The van der Waals surface area contributed by atoms with E-state index in [1.807, 2.05) is 27.8 Å². The summed E-state index contributed by atoms with van der Waals surface area (Å²) in [5.41, 5.74) is -0.505. The fraction of sp³-hybridized carbons (Fsp3) is 0.692. The van der Waals surface area contributed by atoms with E-state index in [2.05, 4.69) is 5.32 Å². The Morgan fingerprint density at radius 3 is 2.80 bits per heavy atom. The van der Waals surface area contributed by atoms with E-state index >= 15 is 0 Å². The van der Waals surface area contributed by atoms with Crippen molar-refractivity contribution in [2.45, 2.75) is 37.8 Å². The maximum atomic E-state index is 12.9. The van der Waals surface area contributed by atoms with Crippen LogP contribution in [-0.2, 0) is 21.3 Å². The Labute approximate surface area is 125 Å². The maximum Gasteiger partial charge on any atom is 0.244 e. The number of rotatable bonds is 4. The molecule has 0 radical (unpaired) electrons. The Morgan fingerprint density at radius 1 is 1.50 bits per heavy atom. The molecule has 1 aliphatic heterocycles. The van der Waals surface area contributed by atoms with E-state index in [0.29, 0.717) is 31.2 Å². The van der Waals surface area contributed by atoms with Gasteiger partial charge in [0.2, 0.25) is 10.0 Å². The second-order valence-electron chi connectivity index (χ2n) is 5.61. The molecule has 0 atom stereocenters. The topological polar surface area (TPSA) is 58.6 Å². The lowest BCUT2D eigenvalue weighted by atomic mass is 10.1. The van der Waals surface area contributed by atoms with Crippen LogP contribution in [0.5, 0.6) is 0 Å². The summed E-state index contributed by atoms with van der Waals surface area (Å²) in [4.78, 5) is 2.31. The number of sulfonamides is 1. The molecule has 114 valence electrons. The van der Waals surface area contributed by atoms with Crippen LogP contribution in [0.1, 0.15) is 23.6 Å². The Balaban J connectivity index is 2.39. The van der Waals surface area contributed by atoms with Crippen molar-refractivity contribution < 1.29 is 13.2 Å². The molecule has 0 saturated carbocycles. The van der Waals surface area contributed by atoms with Crippen LogP contribution < -0.4 is 5.32 Å². The largest absolute Gasteiger partial charge is 0.378 e. The van der Waals surface area contributed by atoms with Gasteiger partial charge in [-0.3, -0.25) is 0 Å². The molecule has 1 N–H and O–H groups in total. The predicted molar refractivity (Wildman–Crippen MR) is 80.6 cm³/mol. The first kappa shape index (κ1) is 15.9. The first-order valence-electron chi connectivity index (χ1n) is 6.63. The highest BCUT2D eigenvalue weighted by atomic mass is 32.2. The highest BCUT2D eigenvalue weighted by Crippen LogP contribution is 2.32. The van der Waals surface area contributed by atoms with E-state index in [1.165, 1.54) is 11.3 Å². The maximum absolute atomic E-state index is 12.9. The lowest BCUT2D eigenvalue weighted by Crippen LogP contribution is -2.55. The standard InChI is InChI=1S/C13H22N2O3S2/c1-10-12(7-11(19-10)8-14-4)20(16,17)15-5-6-18-9-13(15,2)3/h7,14H,5-6,8-9H2,1-4H3. The van der Waals surface area contributed by atoms with Gasteiger partial charge in [-0.05, 0) is 33.9 Å². The number of hydrogen-bond donors (Lipinski definition) is 1. The number of aryl methyl sites for hydroxylation is 1. The van der Waals surface area contributed by atoms with E-state index in [-0.39, 0.29) is 0 Å². The van der Waals surface area contributed by atoms with Crippen molar-refractivity contribution in [1.29, 1.82) is 0 Å². The third-order valence-electron chi connectivity index (χ3n) is 3.41. The zero-order valence-electron chi connectivity index (χ0n) is 12.4. The Morgan fingerprint density at radius 2 is 2.20 bits per heavy atom. The van der Waals surface area contributed by atoms with Gasteiger partial charge in [0.05, 0.1) is 23.6 Å². The van der Waals surface area contributed by atoms with Crippen LogP contribution in [0, 0.1) is 6.92 Å². The Kier molecular flexibility index (Phi) is 4.56. The zero-order valence-corrected chi connectivity index (χ0v) is 14.0. The molecule has 1 aromatic heterocycles. The van der Waals surface area contributed by atoms with Crippen molar-refractivity contribution >= 4 is 21.4 Å². The van der Waals surface area contributed by atoms with Gasteiger partial charge in [0.15, 0.2) is 0 Å². The molecular weight excluding hydrogens is 296 g/mol. The average Bonchev–Trinajstić information content (AvgIpc) is 2.70. The second-order valence-corrected chi connectivity index (χ2v) is 8.78. The minimum atomic E-state index is -3.46. The summed E-state index contributed by atoms with van der Waals surface area (Å²) in [5, 5.41) is 3.05. The summed E-state index contributed by atoms with van der Waals surface area (Å²) in [6.07, 6.45) is 0. The van der Waals surface area contributed by atoms with Gasteiger partial charge in [-0.1, -0.05) is 0 Å². The molecule has 2 heterocycles. The van der Waals surface area contributed by atoms with Crippen LogP contribution in [-0.4, -0.2) is 45.1 Å². The van der Waals surface area contributed by atoms with E-state index in [1.54, 1.807) is 10.4 Å². The third kappa shape index (κ3) is 2.92. The first-order valence-corrected chi connectivity index (χ1v) is 8.89. The zero-order chi connectivity index (χ0) is 15.0. The Hall–Kier alpha value is -0.470. The number of nitrogens with zero attached hydrogens (tertiary/aromatic N) is 1. The highest BCUT2D eigenvalue weighted by molar-refractivity contribution is 7.89. The first-order chi connectivity index (χ1) is 9.29. The minimum Gasteiger partial charge on any atom is -0.378 e. The molecular formula is C13H22N2O3S2. The molecule has 1 fully saturated rings. The van der Waals surface area contributed by atoms with Gasteiger partial charge in [0.1, 0.15) is 0 Å². The smallest absolute Gasteiger partial charge is 0.244 e. The molecule has 20 heavy (non-hydrogen) atoms. The summed E-state index contributed by atoms with van der Waals surface area (Å²) in [7, 11) is -1.61.